The van der Waals surface area contributed by atoms with Gasteiger partial charge in [-0.05, 0) is 40.0 Å². The van der Waals surface area contributed by atoms with Gasteiger partial charge < -0.3 is 9.80 Å². The summed E-state index contributed by atoms with van der Waals surface area (Å²) in [6, 6.07) is 1.52. The lowest BCUT2D eigenvalue weighted by atomic mass is 9.93. The number of nitrogens with zero attached hydrogens (tertiary/aromatic N) is 2. The van der Waals surface area contributed by atoms with Crippen molar-refractivity contribution in [2.45, 2.75) is 79.1 Å². The molecule has 0 spiro atoms. The van der Waals surface area contributed by atoms with Crippen molar-refractivity contribution in [1.82, 2.24) is 9.80 Å². The van der Waals surface area contributed by atoms with Gasteiger partial charge in [-0.25, -0.2) is 4.79 Å². The summed E-state index contributed by atoms with van der Waals surface area (Å²) in [5, 5.41) is 0. The standard InChI is InChI=1S/C14H28N2O/c1-8-12-13(9(2)3)16(11(6)7)14(17)15(12)10(4)5/h9-13H,8H2,1-7H3. The number of amides is 2. The molecular weight excluding hydrogens is 212 g/mol. The SMILES string of the molecule is CCC1C(C(C)C)N(C(C)C)C(=O)N1C(C)C. The third-order valence-electron chi connectivity index (χ3n) is 3.73. The fraction of sp³-hybridized carbons (Fsp3) is 0.929. The number of carbonyl (C=O) groups is 1. The van der Waals surface area contributed by atoms with E-state index in [-0.39, 0.29) is 18.1 Å². The van der Waals surface area contributed by atoms with Crippen molar-refractivity contribution in [3.8, 4) is 0 Å². The van der Waals surface area contributed by atoms with Crippen LogP contribution in [-0.4, -0.2) is 40.0 Å². The Balaban J connectivity index is 3.11. The maximum Gasteiger partial charge on any atom is 0.321 e. The fourth-order valence-electron chi connectivity index (χ4n) is 3.13. The summed E-state index contributed by atoms with van der Waals surface area (Å²) in [6.07, 6.45) is 1.04. The van der Waals surface area contributed by atoms with Crippen molar-refractivity contribution < 1.29 is 4.79 Å². The van der Waals surface area contributed by atoms with Crippen molar-refractivity contribution in [3.63, 3.8) is 0 Å². The third kappa shape index (κ3) is 2.43. The molecule has 0 saturated carbocycles. The Kier molecular flexibility index (Phi) is 4.45. The van der Waals surface area contributed by atoms with E-state index < -0.39 is 0 Å². The second-order valence-corrected chi connectivity index (χ2v) is 5.99. The van der Waals surface area contributed by atoms with Crippen LogP contribution in [0, 0.1) is 5.92 Å². The molecule has 2 unspecified atom stereocenters. The molecule has 17 heavy (non-hydrogen) atoms. The molecule has 2 amide bonds. The van der Waals surface area contributed by atoms with Crippen LogP contribution < -0.4 is 0 Å². The first kappa shape index (κ1) is 14.3. The maximum absolute atomic E-state index is 12.5. The molecule has 3 nitrogen and oxygen atoms in total. The lowest BCUT2D eigenvalue weighted by molar-refractivity contribution is 0.159. The van der Waals surface area contributed by atoms with Gasteiger partial charge in [0.2, 0.25) is 0 Å². The van der Waals surface area contributed by atoms with E-state index in [1.807, 2.05) is 0 Å². The smallest absolute Gasteiger partial charge is 0.317 e. The first-order chi connectivity index (χ1) is 7.82. The Labute approximate surface area is 106 Å². The summed E-state index contributed by atoms with van der Waals surface area (Å²) in [4.78, 5) is 16.7. The highest BCUT2D eigenvalue weighted by Gasteiger charge is 2.47. The van der Waals surface area contributed by atoms with Crippen LogP contribution in [0.5, 0.6) is 0 Å². The Hall–Kier alpha value is -0.730. The molecule has 1 aliphatic heterocycles. The predicted molar refractivity (Wildman–Crippen MR) is 72.1 cm³/mol. The second-order valence-electron chi connectivity index (χ2n) is 5.99. The molecule has 0 N–H and O–H groups in total. The van der Waals surface area contributed by atoms with Crippen LogP contribution in [0.1, 0.15) is 54.9 Å². The summed E-state index contributed by atoms with van der Waals surface area (Å²) in [5.41, 5.74) is 0. The van der Waals surface area contributed by atoms with Crippen molar-refractivity contribution >= 4 is 6.03 Å². The van der Waals surface area contributed by atoms with Crippen molar-refractivity contribution in [2.75, 3.05) is 0 Å². The third-order valence-corrected chi connectivity index (χ3v) is 3.73. The van der Waals surface area contributed by atoms with Crippen LogP contribution in [0.4, 0.5) is 4.79 Å². The van der Waals surface area contributed by atoms with Gasteiger partial charge in [-0.15, -0.1) is 0 Å². The van der Waals surface area contributed by atoms with Crippen LogP contribution in [0.2, 0.25) is 0 Å². The van der Waals surface area contributed by atoms with E-state index in [1.54, 1.807) is 0 Å². The Morgan fingerprint density at radius 2 is 1.47 bits per heavy atom. The number of urea groups is 1. The summed E-state index contributed by atoms with van der Waals surface area (Å²) in [5.74, 6) is 0.509. The van der Waals surface area contributed by atoms with Gasteiger partial charge in [-0.2, -0.15) is 0 Å². The summed E-state index contributed by atoms with van der Waals surface area (Å²) >= 11 is 0. The quantitative estimate of drug-likeness (QED) is 0.739. The van der Waals surface area contributed by atoms with Crippen molar-refractivity contribution in [1.29, 1.82) is 0 Å². The van der Waals surface area contributed by atoms with Gasteiger partial charge in [0, 0.05) is 12.1 Å². The summed E-state index contributed by atoms with van der Waals surface area (Å²) < 4.78 is 0. The van der Waals surface area contributed by atoms with E-state index in [1.165, 1.54) is 0 Å². The minimum absolute atomic E-state index is 0.223. The lowest BCUT2D eigenvalue weighted by Gasteiger charge is -2.32. The molecule has 1 heterocycles. The molecule has 0 aromatic heterocycles. The molecule has 0 aromatic rings. The zero-order valence-electron chi connectivity index (χ0n) is 12.4. The van der Waals surface area contributed by atoms with Crippen LogP contribution in [0.3, 0.4) is 0 Å². The van der Waals surface area contributed by atoms with E-state index >= 15 is 0 Å². The average Bonchev–Trinajstić information content (AvgIpc) is 2.50. The minimum atomic E-state index is 0.223. The Morgan fingerprint density at radius 1 is 1.00 bits per heavy atom. The van der Waals surface area contributed by atoms with Crippen LogP contribution in [-0.2, 0) is 0 Å². The van der Waals surface area contributed by atoms with E-state index in [9.17, 15) is 4.79 Å². The molecule has 3 heteroatoms. The van der Waals surface area contributed by atoms with E-state index in [0.29, 0.717) is 18.0 Å². The first-order valence-corrected chi connectivity index (χ1v) is 6.93. The molecule has 1 fully saturated rings. The van der Waals surface area contributed by atoms with Gasteiger partial charge >= 0.3 is 6.03 Å². The number of rotatable bonds is 4. The van der Waals surface area contributed by atoms with Crippen LogP contribution in [0.15, 0.2) is 0 Å². The van der Waals surface area contributed by atoms with Crippen molar-refractivity contribution in [3.05, 3.63) is 0 Å². The molecule has 100 valence electrons. The monoisotopic (exact) mass is 240 g/mol. The highest BCUT2D eigenvalue weighted by atomic mass is 16.2. The number of hydrogen-bond donors (Lipinski definition) is 0. The van der Waals surface area contributed by atoms with Gasteiger partial charge in [-0.1, -0.05) is 20.8 Å². The Bertz CT molecular complexity index is 273. The number of carbonyl (C=O) groups excluding carboxylic acids is 1. The fourth-order valence-corrected chi connectivity index (χ4v) is 3.13. The van der Waals surface area contributed by atoms with E-state index in [4.69, 9.17) is 0 Å². The summed E-state index contributed by atoms with van der Waals surface area (Å²) in [7, 11) is 0. The molecular formula is C14H28N2O. The predicted octanol–water partition coefficient (Wildman–Crippen LogP) is 3.34. The van der Waals surface area contributed by atoms with Gasteiger partial charge in [0.25, 0.3) is 0 Å². The minimum Gasteiger partial charge on any atom is -0.317 e. The molecule has 1 aliphatic rings. The maximum atomic E-state index is 12.5. The van der Waals surface area contributed by atoms with Crippen LogP contribution in [0.25, 0.3) is 0 Å². The summed E-state index contributed by atoms with van der Waals surface area (Å²) in [6.45, 7) is 15.1. The van der Waals surface area contributed by atoms with Gasteiger partial charge in [-0.3, -0.25) is 0 Å². The largest absolute Gasteiger partial charge is 0.321 e. The lowest BCUT2D eigenvalue weighted by Crippen LogP contribution is -2.44. The molecule has 0 radical (unpaired) electrons. The molecule has 1 saturated heterocycles. The van der Waals surface area contributed by atoms with E-state index in [0.717, 1.165) is 6.42 Å². The highest BCUT2D eigenvalue weighted by Crippen LogP contribution is 2.33. The van der Waals surface area contributed by atoms with Gasteiger partial charge in [0.05, 0.1) is 12.1 Å². The highest BCUT2D eigenvalue weighted by molar-refractivity contribution is 5.78. The Morgan fingerprint density at radius 3 is 1.76 bits per heavy atom. The van der Waals surface area contributed by atoms with Gasteiger partial charge in [0.1, 0.15) is 0 Å². The van der Waals surface area contributed by atoms with Crippen molar-refractivity contribution in [2.24, 2.45) is 5.92 Å². The normalized spacial score (nSPS) is 25.9. The van der Waals surface area contributed by atoms with Crippen LogP contribution >= 0.6 is 0 Å². The molecule has 1 rings (SSSR count). The van der Waals surface area contributed by atoms with E-state index in [2.05, 4.69) is 58.3 Å². The molecule has 2 atom stereocenters. The molecule has 0 aromatic carbocycles. The molecule has 0 aliphatic carbocycles. The average molecular weight is 240 g/mol. The topological polar surface area (TPSA) is 23.6 Å². The first-order valence-electron chi connectivity index (χ1n) is 6.93. The number of hydrogen-bond acceptors (Lipinski definition) is 1. The van der Waals surface area contributed by atoms with Gasteiger partial charge in [0.15, 0.2) is 0 Å². The zero-order chi connectivity index (χ0) is 13.3. The zero-order valence-corrected chi connectivity index (χ0v) is 12.4. The second kappa shape index (κ2) is 5.28. The molecule has 0 bridgehead atoms.